The standard InChI is InChI=1S/C15H27NO4/c1-11(2)9-7-8-10-12(13(17)19-6)16-14(18)20-15(3,4)5/h7-8,11-12H,9-10H2,1-6H3,(H,16,18)/b8-7-/t12-/m0/s1. The lowest BCUT2D eigenvalue weighted by atomic mass is 10.1. The highest BCUT2D eigenvalue weighted by Gasteiger charge is 2.23. The van der Waals surface area contributed by atoms with Crippen LogP contribution in [-0.2, 0) is 14.3 Å². The van der Waals surface area contributed by atoms with Crippen LogP contribution >= 0.6 is 0 Å². The van der Waals surface area contributed by atoms with Crippen molar-refractivity contribution in [1.82, 2.24) is 5.32 Å². The van der Waals surface area contributed by atoms with Gasteiger partial charge in [-0.15, -0.1) is 0 Å². The molecule has 5 nitrogen and oxygen atoms in total. The lowest BCUT2D eigenvalue weighted by molar-refractivity contribution is -0.143. The third-order valence-corrected chi connectivity index (χ3v) is 2.32. The fourth-order valence-electron chi connectivity index (χ4n) is 1.41. The first-order valence-electron chi connectivity index (χ1n) is 6.88. The van der Waals surface area contributed by atoms with Crippen molar-refractivity contribution in [3.63, 3.8) is 0 Å². The monoisotopic (exact) mass is 285 g/mol. The van der Waals surface area contributed by atoms with Gasteiger partial charge in [0, 0.05) is 0 Å². The Morgan fingerprint density at radius 1 is 1.15 bits per heavy atom. The Morgan fingerprint density at radius 3 is 2.15 bits per heavy atom. The number of alkyl carbamates (subject to hydrolysis) is 1. The van der Waals surface area contributed by atoms with Gasteiger partial charge in [-0.2, -0.15) is 0 Å². The second-order valence-electron chi connectivity index (χ2n) is 6.06. The molecule has 0 aromatic heterocycles. The van der Waals surface area contributed by atoms with Crippen LogP contribution in [0.25, 0.3) is 0 Å². The van der Waals surface area contributed by atoms with Crippen molar-refractivity contribution in [2.75, 3.05) is 7.11 Å². The fraction of sp³-hybridized carbons (Fsp3) is 0.733. The quantitative estimate of drug-likeness (QED) is 0.602. The number of rotatable bonds is 6. The van der Waals surface area contributed by atoms with Crippen molar-refractivity contribution in [2.45, 2.75) is 59.1 Å². The molecule has 0 spiro atoms. The van der Waals surface area contributed by atoms with E-state index in [1.807, 2.05) is 12.2 Å². The van der Waals surface area contributed by atoms with Gasteiger partial charge in [-0.25, -0.2) is 9.59 Å². The molecule has 0 heterocycles. The van der Waals surface area contributed by atoms with Gasteiger partial charge in [0.25, 0.3) is 0 Å². The van der Waals surface area contributed by atoms with Gasteiger partial charge in [-0.3, -0.25) is 0 Å². The molecule has 1 atom stereocenters. The fourth-order valence-corrected chi connectivity index (χ4v) is 1.41. The van der Waals surface area contributed by atoms with Crippen molar-refractivity contribution in [3.05, 3.63) is 12.2 Å². The molecule has 0 fully saturated rings. The largest absolute Gasteiger partial charge is 0.467 e. The predicted molar refractivity (Wildman–Crippen MR) is 78.4 cm³/mol. The molecule has 1 N–H and O–H groups in total. The van der Waals surface area contributed by atoms with E-state index in [9.17, 15) is 9.59 Å². The smallest absolute Gasteiger partial charge is 0.408 e. The van der Waals surface area contributed by atoms with E-state index in [0.717, 1.165) is 6.42 Å². The molecule has 20 heavy (non-hydrogen) atoms. The van der Waals surface area contributed by atoms with Crippen LogP contribution in [0.4, 0.5) is 4.79 Å². The Hall–Kier alpha value is -1.52. The second kappa shape index (κ2) is 8.61. The van der Waals surface area contributed by atoms with E-state index in [-0.39, 0.29) is 0 Å². The lowest BCUT2D eigenvalue weighted by Crippen LogP contribution is -2.43. The molecule has 0 unspecified atom stereocenters. The summed E-state index contributed by atoms with van der Waals surface area (Å²) in [7, 11) is 1.30. The van der Waals surface area contributed by atoms with Crippen LogP contribution in [0, 0.1) is 5.92 Å². The number of hydrogen-bond donors (Lipinski definition) is 1. The maximum Gasteiger partial charge on any atom is 0.408 e. The molecule has 0 radical (unpaired) electrons. The van der Waals surface area contributed by atoms with E-state index in [2.05, 4.69) is 23.9 Å². The third-order valence-electron chi connectivity index (χ3n) is 2.32. The Kier molecular flexibility index (Phi) is 7.96. The first kappa shape index (κ1) is 18.5. The third kappa shape index (κ3) is 9.42. The van der Waals surface area contributed by atoms with Crippen molar-refractivity contribution < 1.29 is 19.1 Å². The van der Waals surface area contributed by atoms with E-state index in [0.29, 0.717) is 12.3 Å². The molecule has 0 aliphatic heterocycles. The summed E-state index contributed by atoms with van der Waals surface area (Å²) in [6.45, 7) is 9.52. The number of hydrogen-bond acceptors (Lipinski definition) is 4. The normalized spacial score (nSPS) is 13.3. The van der Waals surface area contributed by atoms with E-state index in [1.165, 1.54) is 7.11 Å². The maximum absolute atomic E-state index is 11.7. The number of carbonyl (C=O) groups is 2. The highest BCUT2D eigenvalue weighted by molar-refractivity contribution is 5.81. The van der Waals surface area contributed by atoms with Gasteiger partial charge in [-0.05, 0) is 39.5 Å². The van der Waals surface area contributed by atoms with E-state index in [4.69, 9.17) is 4.74 Å². The summed E-state index contributed by atoms with van der Waals surface area (Å²) >= 11 is 0. The number of carbonyl (C=O) groups excluding carboxylic acids is 2. The zero-order valence-corrected chi connectivity index (χ0v) is 13.4. The Labute approximate surface area is 121 Å². The van der Waals surface area contributed by atoms with E-state index < -0.39 is 23.7 Å². The van der Waals surface area contributed by atoms with Crippen LogP contribution in [0.3, 0.4) is 0 Å². The van der Waals surface area contributed by atoms with Crippen LogP contribution in [0.15, 0.2) is 12.2 Å². The van der Waals surface area contributed by atoms with Gasteiger partial charge in [0.15, 0.2) is 0 Å². The summed E-state index contributed by atoms with van der Waals surface area (Å²) in [5.41, 5.74) is -0.599. The van der Waals surface area contributed by atoms with Gasteiger partial charge in [0.05, 0.1) is 7.11 Å². The molecule has 0 aromatic carbocycles. The number of ether oxygens (including phenoxy) is 2. The first-order chi connectivity index (χ1) is 9.15. The maximum atomic E-state index is 11.7. The van der Waals surface area contributed by atoms with Crippen LogP contribution in [0.2, 0.25) is 0 Å². The SMILES string of the molecule is COC(=O)[C@H](C/C=C\CC(C)C)NC(=O)OC(C)(C)C. The Balaban J connectivity index is 4.46. The summed E-state index contributed by atoms with van der Waals surface area (Å²) in [5, 5.41) is 2.53. The van der Waals surface area contributed by atoms with Gasteiger partial charge in [-0.1, -0.05) is 26.0 Å². The van der Waals surface area contributed by atoms with Crippen LogP contribution < -0.4 is 5.32 Å². The topological polar surface area (TPSA) is 64.6 Å². The molecule has 0 aliphatic carbocycles. The summed E-state index contributed by atoms with van der Waals surface area (Å²) < 4.78 is 9.80. The molecule has 1 amide bonds. The molecule has 116 valence electrons. The number of amides is 1. The molecule has 0 saturated heterocycles. The zero-order chi connectivity index (χ0) is 15.8. The average molecular weight is 285 g/mol. The molecular weight excluding hydrogens is 258 g/mol. The number of methoxy groups -OCH3 is 1. The van der Waals surface area contributed by atoms with E-state index >= 15 is 0 Å². The minimum atomic E-state index is -0.724. The summed E-state index contributed by atoms with van der Waals surface area (Å²) in [5.74, 6) is 0.0756. The zero-order valence-electron chi connectivity index (χ0n) is 13.4. The van der Waals surface area contributed by atoms with Crippen LogP contribution in [0.5, 0.6) is 0 Å². The molecular formula is C15H27NO4. The minimum absolute atomic E-state index is 0.388. The summed E-state index contributed by atoms with van der Waals surface area (Å²) in [6, 6.07) is -0.724. The van der Waals surface area contributed by atoms with Gasteiger partial charge in [0.1, 0.15) is 11.6 Å². The molecule has 5 heteroatoms. The Morgan fingerprint density at radius 2 is 1.70 bits per heavy atom. The second-order valence-corrected chi connectivity index (χ2v) is 6.06. The minimum Gasteiger partial charge on any atom is -0.467 e. The Bertz CT molecular complexity index is 342. The lowest BCUT2D eigenvalue weighted by Gasteiger charge is -2.22. The highest BCUT2D eigenvalue weighted by Crippen LogP contribution is 2.08. The molecule has 0 rings (SSSR count). The molecule has 0 aliphatic rings. The number of esters is 1. The van der Waals surface area contributed by atoms with Crippen molar-refractivity contribution in [3.8, 4) is 0 Å². The predicted octanol–water partition coefficient (Wildman–Crippen LogP) is 3.05. The molecule has 0 aromatic rings. The average Bonchev–Trinajstić information content (AvgIpc) is 2.29. The van der Waals surface area contributed by atoms with Gasteiger partial charge < -0.3 is 14.8 Å². The van der Waals surface area contributed by atoms with Crippen molar-refractivity contribution in [2.24, 2.45) is 5.92 Å². The highest BCUT2D eigenvalue weighted by atomic mass is 16.6. The van der Waals surface area contributed by atoms with E-state index in [1.54, 1.807) is 20.8 Å². The number of nitrogens with one attached hydrogen (secondary N) is 1. The van der Waals surface area contributed by atoms with Crippen molar-refractivity contribution in [1.29, 1.82) is 0 Å². The number of allylic oxidation sites excluding steroid dienone is 1. The molecule has 0 saturated carbocycles. The summed E-state index contributed by atoms with van der Waals surface area (Å²) in [4.78, 5) is 23.3. The van der Waals surface area contributed by atoms with Crippen LogP contribution in [-0.4, -0.2) is 30.8 Å². The van der Waals surface area contributed by atoms with Gasteiger partial charge in [0.2, 0.25) is 0 Å². The van der Waals surface area contributed by atoms with Crippen molar-refractivity contribution >= 4 is 12.1 Å². The summed E-state index contributed by atoms with van der Waals surface area (Å²) in [6.07, 6.45) is 4.57. The van der Waals surface area contributed by atoms with Gasteiger partial charge >= 0.3 is 12.1 Å². The first-order valence-corrected chi connectivity index (χ1v) is 6.88. The molecule has 0 bridgehead atoms. The van der Waals surface area contributed by atoms with Crippen LogP contribution in [0.1, 0.15) is 47.5 Å².